The van der Waals surface area contributed by atoms with Gasteiger partial charge in [0.25, 0.3) is 11.8 Å². The summed E-state index contributed by atoms with van der Waals surface area (Å²) in [7, 11) is 1.57. The molecule has 5 heteroatoms. The van der Waals surface area contributed by atoms with E-state index in [-0.39, 0.29) is 17.1 Å². The summed E-state index contributed by atoms with van der Waals surface area (Å²) in [5, 5.41) is 0.166. The third-order valence-corrected chi connectivity index (χ3v) is 5.68. The quantitative estimate of drug-likeness (QED) is 0.627. The number of methoxy groups -OCH3 is 1. The largest absolute Gasteiger partial charge is 0.496 e. The van der Waals surface area contributed by atoms with Gasteiger partial charge in [0, 0.05) is 10.8 Å². The van der Waals surface area contributed by atoms with Crippen LogP contribution in [0.25, 0.3) is 5.57 Å². The van der Waals surface area contributed by atoms with Crippen molar-refractivity contribution in [3.63, 3.8) is 0 Å². The molecule has 3 rings (SSSR count). The highest BCUT2D eigenvalue weighted by atomic mass is 32.2. The number of thioether (sulfide) groups is 1. The molecular weight excluding hydrogens is 370 g/mol. The van der Waals surface area contributed by atoms with Crippen molar-refractivity contribution < 1.29 is 14.3 Å². The molecule has 0 saturated heterocycles. The van der Waals surface area contributed by atoms with Gasteiger partial charge in [-0.15, -0.1) is 11.8 Å². The molecule has 4 nitrogen and oxygen atoms in total. The number of hydrogen-bond donors (Lipinski definition) is 0. The van der Waals surface area contributed by atoms with Gasteiger partial charge in [-0.2, -0.15) is 0 Å². The highest BCUT2D eigenvalue weighted by Crippen LogP contribution is 2.42. The second-order valence-electron chi connectivity index (χ2n) is 7.26. The van der Waals surface area contributed by atoms with Crippen molar-refractivity contribution in [3.8, 4) is 5.75 Å². The molecule has 0 fully saturated rings. The lowest BCUT2D eigenvalue weighted by Crippen LogP contribution is -2.31. The van der Waals surface area contributed by atoms with Gasteiger partial charge >= 0.3 is 0 Å². The number of hydrogen-bond acceptors (Lipinski definition) is 4. The molecule has 2 amide bonds. The average molecular weight is 396 g/mol. The van der Waals surface area contributed by atoms with Crippen LogP contribution in [0.1, 0.15) is 44.7 Å². The number of carbonyl (C=O) groups is 2. The molecule has 2 aromatic carbocycles. The summed E-state index contributed by atoms with van der Waals surface area (Å²) < 4.78 is 5.45. The number of anilines is 1. The van der Waals surface area contributed by atoms with Crippen molar-refractivity contribution in [2.75, 3.05) is 12.0 Å². The Labute approximate surface area is 170 Å². The highest BCUT2D eigenvalue weighted by molar-refractivity contribution is 8.04. The molecular formula is C23H25NO3S. The van der Waals surface area contributed by atoms with Crippen LogP contribution in [0.3, 0.4) is 0 Å². The predicted molar refractivity (Wildman–Crippen MR) is 116 cm³/mol. The molecule has 0 unspecified atom stereocenters. The molecule has 0 bridgehead atoms. The summed E-state index contributed by atoms with van der Waals surface area (Å²) >= 11 is 1.41. The smallest absolute Gasteiger partial charge is 0.272 e. The summed E-state index contributed by atoms with van der Waals surface area (Å²) in [6, 6.07) is 14.9. The van der Waals surface area contributed by atoms with Crippen molar-refractivity contribution in [2.24, 2.45) is 0 Å². The normalized spacial score (nSPS) is 14.6. The zero-order valence-corrected chi connectivity index (χ0v) is 17.7. The fraction of sp³-hybridized carbons (Fsp3) is 0.304. The minimum absolute atomic E-state index is 0.166. The Morgan fingerprint density at radius 3 is 2.11 bits per heavy atom. The van der Waals surface area contributed by atoms with E-state index in [1.54, 1.807) is 13.2 Å². The molecule has 0 atom stereocenters. The lowest BCUT2D eigenvalue weighted by Gasteiger charge is -2.17. The number of benzene rings is 2. The maximum absolute atomic E-state index is 13.4. The first-order valence-electron chi connectivity index (χ1n) is 9.38. The first-order chi connectivity index (χ1) is 13.3. The first kappa shape index (κ1) is 20.2. The Morgan fingerprint density at radius 1 is 0.893 bits per heavy atom. The van der Waals surface area contributed by atoms with E-state index in [4.69, 9.17) is 4.74 Å². The number of nitrogens with zero attached hydrogens (tertiary/aromatic N) is 1. The van der Waals surface area contributed by atoms with Gasteiger partial charge in [-0.3, -0.25) is 9.59 Å². The Balaban J connectivity index is 2.09. The number of amides is 2. The van der Waals surface area contributed by atoms with Crippen LogP contribution < -0.4 is 9.64 Å². The molecule has 28 heavy (non-hydrogen) atoms. The molecule has 146 valence electrons. The lowest BCUT2D eigenvalue weighted by atomic mass is 10.0. The van der Waals surface area contributed by atoms with Crippen LogP contribution in [0.2, 0.25) is 0 Å². The van der Waals surface area contributed by atoms with Gasteiger partial charge in [0.05, 0.1) is 23.3 Å². The molecule has 0 spiro atoms. The maximum Gasteiger partial charge on any atom is 0.272 e. The highest BCUT2D eigenvalue weighted by Gasteiger charge is 2.41. The van der Waals surface area contributed by atoms with E-state index in [1.165, 1.54) is 16.7 Å². The Kier molecular flexibility index (Phi) is 5.94. The van der Waals surface area contributed by atoms with Crippen LogP contribution in [-0.2, 0) is 9.59 Å². The van der Waals surface area contributed by atoms with Crippen LogP contribution in [0.5, 0.6) is 5.75 Å². The number of imide groups is 1. The van der Waals surface area contributed by atoms with E-state index in [0.29, 0.717) is 33.4 Å². The van der Waals surface area contributed by atoms with E-state index < -0.39 is 0 Å². The van der Waals surface area contributed by atoms with Crippen LogP contribution in [0.4, 0.5) is 5.69 Å². The van der Waals surface area contributed by atoms with Gasteiger partial charge < -0.3 is 4.74 Å². The number of carbonyl (C=O) groups excluding carboxylic acids is 2. The van der Waals surface area contributed by atoms with Gasteiger partial charge in [-0.25, -0.2) is 4.90 Å². The third-order valence-electron chi connectivity index (χ3n) is 4.59. The predicted octanol–water partition coefficient (Wildman–Crippen LogP) is 5.24. The molecule has 0 aliphatic carbocycles. The molecule has 0 saturated carbocycles. The monoisotopic (exact) mass is 395 g/mol. The second kappa shape index (κ2) is 8.23. The molecule has 1 heterocycles. The molecule has 1 aliphatic rings. The van der Waals surface area contributed by atoms with Crippen molar-refractivity contribution >= 4 is 34.8 Å². The number of rotatable bonds is 6. The molecule has 1 aliphatic heterocycles. The van der Waals surface area contributed by atoms with E-state index in [9.17, 15) is 9.59 Å². The van der Waals surface area contributed by atoms with Gasteiger partial charge in [0.2, 0.25) is 0 Å². The molecule has 2 aromatic rings. The minimum Gasteiger partial charge on any atom is -0.496 e. The Morgan fingerprint density at radius 2 is 1.54 bits per heavy atom. The maximum atomic E-state index is 13.4. The molecule has 0 aromatic heterocycles. The lowest BCUT2D eigenvalue weighted by molar-refractivity contribution is -0.119. The van der Waals surface area contributed by atoms with Crippen LogP contribution in [0, 0.1) is 0 Å². The third kappa shape index (κ3) is 3.72. The van der Waals surface area contributed by atoms with Gasteiger partial charge in [-0.1, -0.05) is 58.0 Å². The number of para-hydroxylation sites is 1. The van der Waals surface area contributed by atoms with Crippen LogP contribution >= 0.6 is 11.8 Å². The zero-order chi connectivity index (χ0) is 20.4. The SMILES string of the molecule is COc1ccccc1C1=C(SC(C)C)C(=O)N(c2ccc(C(C)C)cc2)C1=O. The standard InChI is InChI=1S/C23H25NO3S/c1-14(2)16-10-12-17(13-11-16)24-22(25)20(21(23(24)26)28-15(3)4)18-8-6-7-9-19(18)27-5/h6-15H,1-5H3. The van der Waals surface area contributed by atoms with Crippen molar-refractivity contribution in [2.45, 2.75) is 38.9 Å². The first-order valence-corrected chi connectivity index (χ1v) is 10.3. The van der Waals surface area contributed by atoms with Crippen molar-refractivity contribution in [1.82, 2.24) is 0 Å². The van der Waals surface area contributed by atoms with Crippen LogP contribution in [-0.4, -0.2) is 24.2 Å². The fourth-order valence-electron chi connectivity index (χ4n) is 3.19. The van der Waals surface area contributed by atoms with Crippen LogP contribution in [0.15, 0.2) is 53.4 Å². The van der Waals surface area contributed by atoms with E-state index in [0.717, 1.165) is 5.56 Å². The van der Waals surface area contributed by atoms with Crippen molar-refractivity contribution in [3.05, 3.63) is 64.6 Å². The van der Waals surface area contributed by atoms with E-state index in [2.05, 4.69) is 13.8 Å². The second-order valence-corrected chi connectivity index (χ2v) is 8.85. The summed E-state index contributed by atoms with van der Waals surface area (Å²) in [6.07, 6.45) is 0. The summed E-state index contributed by atoms with van der Waals surface area (Å²) in [5.74, 6) is 0.378. The van der Waals surface area contributed by atoms with Gasteiger partial charge in [0.15, 0.2) is 0 Å². The summed E-state index contributed by atoms with van der Waals surface area (Å²) in [6.45, 7) is 8.24. The average Bonchev–Trinajstić information content (AvgIpc) is 2.91. The van der Waals surface area contributed by atoms with Gasteiger partial charge in [-0.05, 0) is 29.7 Å². The van der Waals surface area contributed by atoms with Gasteiger partial charge in [0.1, 0.15) is 5.75 Å². The topological polar surface area (TPSA) is 46.6 Å². The number of ether oxygens (including phenoxy) is 1. The minimum atomic E-state index is -0.310. The summed E-state index contributed by atoms with van der Waals surface area (Å²) in [5.41, 5.74) is 2.81. The fourth-order valence-corrected chi connectivity index (χ4v) is 4.16. The Hall–Kier alpha value is -2.53. The summed E-state index contributed by atoms with van der Waals surface area (Å²) in [4.78, 5) is 28.4. The Bertz CT molecular complexity index is 929. The van der Waals surface area contributed by atoms with E-state index in [1.807, 2.05) is 56.3 Å². The van der Waals surface area contributed by atoms with Crippen molar-refractivity contribution in [1.29, 1.82) is 0 Å². The molecule has 0 radical (unpaired) electrons. The molecule has 0 N–H and O–H groups in total. The zero-order valence-electron chi connectivity index (χ0n) is 16.9. The van der Waals surface area contributed by atoms with E-state index >= 15 is 0 Å².